The van der Waals surface area contributed by atoms with Crippen molar-refractivity contribution in [3.05, 3.63) is 11.4 Å². The minimum Gasteiger partial charge on any atom is -0.394 e. The highest BCUT2D eigenvalue weighted by molar-refractivity contribution is 7.99. The Kier molecular flexibility index (Phi) is 5.17. The van der Waals surface area contributed by atoms with Gasteiger partial charge in [0.15, 0.2) is 0 Å². The van der Waals surface area contributed by atoms with Crippen molar-refractivity contribution in [3.8, 4) is 0 Å². The summed E-state index contributed by atoms with van der Waals surface area (Å²) in [6, 6.07) is 0. The molecule has 1 aromatic rings. The number of aromatic nitrogens is 2. The fourth-order valence-electron chi connectivity index (χ4n) is 1.16. The summed E-state index contributed by atoms with van der Waals surface area (Å²) in [4.78, 5) is 8.64. The van der Waals surface area contributed by atoms with Gasteiger partial charge in [-0.05, 0) is 6.92 Å². The van der Waals surface area contributed by atoms with Crippen molar-refractivity contribution < 1.29 is 10.2 Å². The standard InChI is InChI=1S/C11H19N3O2S/c1-6(2)10-13-9(12)7(3)11(14-10)17-5-8(16)4-15/h6,8,15-16H,4-5H2,1-3H3,(H2,12,13,14). The number of nitrogens with zero attached hydrogens (tertiary/aromatic N) is 2. The summed E-state index contributed by atoms with van der Waals surface area (Å²) in [6.45, 7) is 5.61. The van der Waals surface area contributed by atoms with E-state index in [9.17, 15) is 5.11 Å². The molecule has 0 saturated carbocycles. The van der Waals surface area contributed by atoms with Gasteiger partial charge in [-0.3, -0.25) is 0 Å². The van der Waals surface area contributed by atoms with Crippen molar-refractivity contribution in [3.63, 3.8) is 0 Å². The molecule has 0 aliphatic carbocycles. The molecule has 5 nitrogen and oxygen atoms in total. The fraction of sp³-hybridized carbons (Fsp3) is 0.636. The number of nitrogen functional groups attached to an aromatic ring is 1. The quantitative estimate of drug-likeness (QED) is 0.537. The van der Waals surface area contributed by atoms with Crippen molar-refractivity contribution in [2.45, 2.75) is 37.8 Å². The van der Waals surface area contributed by atoms with Gasteiger partial charge in [0.25, 0.3) is 0 Å². The summed E-state index contributed by atoms with van der Waals surface area (Å²) in [6.07, 6.45) is -0.738. The maximum Gasteiger partial charge on any atom is 0.134 e. The Balaban J connectivity index is 2.90. The van der Waals surface area contributed by atoms with Crippen molar-refractivity contribution in [2.24, 2.45) is 0 Å². The first-order valence-corrected chi connectivity index (χ1v) is 6.50. The van der Waals surface area contributed by atoms with Crippen molar-refractivity contribution in [1.29, 1.82) is 0 Å². The first kappa shape index (κ1) is 14.2. The summed E-state index contributed by atoms with van der Waals surface area (Å²) in [5.74, 6) is 1.78. The minimum absolute atomic E-state index is 0.208. The molecule has 96 valence electrons. The molecule has 17 heavy (non-hydrogen) atoms. The normalized spacial score (nSPS) is 13.1. The topological polar surface area (TPSA) is 92.3 Å². The predicted molar refractivity (Wildman–Crippen MR) is 69.1 cm³/mol. The van der Waals surface area contributed by atoms with E-state index in [-0.39, 0.29) is 12.5 Å². The Bertz CT molecular complexity index is 385. The Morgan fingerprint density at radius 2 is 2.00 bits per heavy atom. The number of aliphatic hydroxyl groups excluding tert-OH is 2. The van der Waals surface area contributed by atoms with Gasteiger partial charge in [-0.2, -0.15) is 0 Å². The summed E-state index contributed by atoms with van der Waals surface area (Å²) < 4.78 is 0. The maximum absolute atomic E-state index is 9.31. The molecule has 0 bridgehead atoms. The van der Waals surface area contributed by atoms with Crippen LogP contribution >= 0.6 is 11.8 Å². The molecular weight excluding hydrogens is 238 g/mol. The Labute approximate surface area is 105 Å². The Morgan fingerprint density at radius 1 is 1.35 bits per heavy atom. The van der Waals surface area contributed by atoms with Gasteiger partial charge < -0.3 is 15.9 Å². The third-order valence-corrected chi connectivity index (χ3v) is 3.52. The number of hydrogen-bond donors (Lipinski definition) is 3. The lowest BCUT2D eigenvalue weighted by molar-refractivity contribution is 0.113. The van der Waals surface area contributed by atoms with Gasteiger partial charge in [-0.25, -0.2) is 9.97 Å². The maximum atomic E-state index is 9.31. The predicted octanol–water partition coefficient (Wildman–Crippen LogP) is 0.936. The van der Waals surface area contributed by atoms with Crippen LogP contribution in [-0.4, -0.2) is 38.6 Å². The third kappa shape index (κ3) is 3.83. The summed E-state index contributed by atoms with van der Waals surface area (Å²) in [7, 11) is 0. The van der Waals surface area contributed by atoms with Crippen LogP contribution in [0.4, 0.5) is 5.82 Å². The van der Waals surface area contributed by atoms with Gasteiger partial charge >= 0.3 is 0 Å². The van der Waals surface area contributed by atoms with E-state index in [4.69, 9.17) is 10.8 Å². The molecule has 1 unspecified atom stereocenters. The van der Waals surface area contributed by atoms with Crippen LogP contribution in [0.2, 0.25) is 0 Å². The molecular formula is C11H19N3O2S. The second-order valence-corrected chi connectivity index (χ2v) is 5.21. The average Bonchev–Trinajstić information content (AvgIpc) is 2.30. The molecule has 1 atom stereocenters. The molecule has 1 heterocycles. The highest BCUT2D eigenvalue weighted by Gasteiger charge is 2.13. The average molecular weight is 257 g/mol. The molecule has 1 aromatic heterocycles. The number of aliphatic hydroxyl groups is 2. The number of nitrogens with two attached hydrogens (primary N) is 1. The number of thioether (sulfide) groups is 1. The van der Waals surface area contributed by atoms with E-state index in [0.717, 1.165) is 10.6 Å². The molecule has 0 aromatic carbocycles. The minimum atomic E-state index is -0.738. The van der Waals surface area contributed by atoms with Crippen molar-refractivity contribution in [2.75, 3.05) is 18.1 Å². The van der Waals surface area contributed by atoms with Crippen molar-refractivity contribution in [1.82, 2.24) is 9.97 Å². The largest absolute Gasteiger partial charge is 0.394 e. The van der Waals surface area contributed by atoms with Gasteiger partial charge in [0, 0.05) is 17.2 Å². The molecule has 0 aliphatic heterocycles. The van der Waals surface area contributed by atoms with Crippen LogP contribution < -0.4 is 5.73 Å². The number of hydrogen-bond acceptors (Lipinski definition) is 6. The van der Waals surface area contributed by atoms with Gasteiger partial charge in [-0.15, -0.1) is 11.8 Å². The smallest absolute Gasteiger partial charge is 0.134 e. The zero-order valence-electron chi connectivity index (χ0n) is 10.3. The van der Waals surface area contributed by atoms with Crippen LogP contribution in [-0.2, 0) is 0 Å². The van der Waals surface area contributed by atoms with Crippen LogP contribution in [0.1, 0.15) is 31.2 Å². The highest BCUT2D eigenvalue weighted by atomic mass is 32.2. The molecule has 0 amide bonds. The van der Waals surface area contributed by atoms with Gasteiger partial charge in [0.05, 0.1) is 12.7 Å². The van der Waals surface area contributed by atoms with E-state index in [0.29, 0.717) is 17.4 Å². The zero-order valence-corrected chi connectivity index (χ0v) is 11.2. The molecule has 4 N–H and O–H groups in total. The van der Waals surface area contributed by atoms with E-state index in [1.807, 2.05) is 20.8 Å². The fourth-order valence-corrected chi connectivity index (χ4v) is 2.09. The van der Waals surface area contributed by atoms with Crippen LogP contribution in [0.15, 0.2) is 5.03 Å². The molecule has 0 fully saturated rings. The molecule has 0 aliphatic rings. The number of rotatable bonds is 5. The zero-order chi connectivity index (χ0) is 13.0. The van der Waals surface area contributed by atoms with Gasteiger partial charge in [0.2, 0.25) is 0 Å². The van der Waals surface area contributed by atoms with Gasteiger partial charge in [0.1, 0.15) is 16.7 Å². The van der Waals surface area contributed by atoms with Gasteiger partial charge in [-0.1, -0.05) is 13.8 Å². The second kappa shape index (κ2) is 6.18. The van der Waals surface area contributed by atoms with Crippen LogP contribution in [0, 0.1) is 6.92 Å². The SMILES string of the molecule is Cc1c(N)nc(C(C)C)nc1SCC(O)CO. The Hall–Kier alpha value is -0.850. The van der Waals surface area contributed by atoms with E-state index >= 15 is 0 Å². The Morgan fingerprint density at radius 3 is 2.53 bits per heavy atom. The summed E-state index contributed by atoms with van der Waals surface area (Å²) in [5, 5.41) is 18.8. The first-order chi connectivity index (χ1) is 7.95. The molecule has 0 saturated heterocycles. The highest BCUT2D eigenvalue weighted by Crippen LogP contribution is 2.25. The lowest BCUT2D eigenvalue weighted by Crippen LogP contribution is -2.15. The third-order valence-electron chi connectivity index (χ3n) is 2.30. The monoisotopic (exact) mass is 257 g/mol. The molecule has 0 radical (unpaired) electrons. The van der Waals surface area contributed by atoms with Crippen LogP contribution in [0.3, 0.4) is 0 Å². The summed E-state index contributed by atoms with van der Waals surface area (Å²) >= 11 is 1.38. The second-order valence-electron chi connectivity index (χ2n) is 4.20. The number of anilines is 1. The van der Waals surface area contributed by atoms with E-state index < -0.39 is 6.10 Å². The van der Waals surface area contributed by atoms with Crippen molar-refractivity contribution >= 4 is 17.6 Å². The van der Waals surface area contributed by atoms with Crippen LogP contribution in [0.25, 0.3) is 0 Å². The van der Waals surface area contributed by atoms with E-state index in [2.05, 4.69) is 9.97 Å². The summed E-state index contributed by atoms with van der Waals surface area (Å²) in [5.41, 5.74) is 6.65. The lowest BCUT2D eigenvalue weighted by atomic mass is 10.2. The first-order valence-electron chi connectivity index (χ1n) is 5.51. The molecule has 6 heteroatoms. The lowest BCUT2D eigenvalue weighted by Gasteiger charge is -2.12. The van der Waals surface area contributed by atoms with Crippen LogP contribution in [0.5, 0.6) is 0 Å². The van der Waals surface area contributed by atoms with E-state index in [1.165, 1.54) is 11.8 Å². The molecule has 1 rings (SSSR count). The molecule has 0 spiro atoms. The van der Waals surface area contributed by atoms with E-state index in [1.54, 1.807) is 0 Å².